The average Bonchev–Trinajstić information content (AvgIpc) is 2.44. The van der Waals surface area contributed by atoms with Crippen molar-refractivity contribution in [2.24, 2.45) is 5.92 Å². The summed E-state index contributed by atoms with van der Waals surface area (Å²) in [5, 5.41) is 5.99. The topological polar surface area (TPSA) is 66.9 Å². The summed E-state index contributed by atoms with van der Waals surface area (Å²) in [7, 11) is 0. The predicted octanol–water partition coefficient (Wildman–Crippen LogP) is 3.22. The maximum Gasteiger partial charge on any atom is 0.254 e. The Morgan fingerprint density at radius 2 is 1.68 bits per heavy atom. The molecule has 0 aliphatic rings. The van der Waals surface area contributed by atoms with Crippen molar-refractivity contribution in [1.29, 1.82) is 0 Å². The second-order valence-electron chi connectivity index (χ2n) is 5.90. The van der Waals surface area contributed by atoms with Gasteiger partial charge in [-0.2, -0.15) is 0 Å². The van der Waals surface area contributed by atoms with E-state index in [9.17, 15) is 4.79 Å². The van der Waals surface area contributed by atoms with Crippen LogP contribution in [0.2, 0.25) is 0 Å². The Balaban J connectivity index is 2.04. The van der Waals surface area contributed by atoms with Crippen molar-refractivity contribution in [1.82, 2.24) is 15.3 Å². The molecule has 116 valence electrons. The van der Waals surface area contributed by atoms with Gasteiger partial charge < -0.3 is 10.6 Å². The number of amides is 1. The number of nitrogens with one attached hydrogen (secondary N) is 2. The largest absolute Gasteiger partial charge is 0.352 e. The van der Waals surface area contributed by atoms with Crippen LogP contribution in [0.3, 0.4) is 0 Å². The predicted molar refractivity (Wildman–Crippen MR) is 88.4 cm³/mol. The molecule has 0 unspecified atom stereocenters. The Kier molecular flexibility index (Phi) is 5.09. The van der Waals surface area contributed by atoms with Gasteiger partial charge in [-0.3, -0.25) is 4.79 Å². The Morgan fingerprint density at radius 1 is 1.09 bits per heavy atom. The van der Waals surface area contributed by atoms with E-state index in [1.54, 1.807) is 0 Å². The molecular weight excluding hydrogens is 276 g/mol. The van der Waals surface area contributed by atoms with E-state index in [2.05, 4.69) is 26.7 Å². The summed E-state index contributed by atoms with van der Waals surface area (Å²) in [4.78, 5) is 20.3. The number of rotatable bonds is 5. The quantitative estimate of drug-likeness (QED) is 0.889. The second kappa shape index (κ2) is 7.02. The van der Waals surface area contributed by atoms with Crippen LogP contribution in [0.15, 0.2) is 30.6 Å². The number of aryl methyl sites for hydroxylation is 2. The summed E-state index contributed by atoms with van der Waals surface area (Å²) in [5.74, 6) is 0.743. The van der Waals surface area contributed by atoms with Crippen LogP contribution in [0, 0.1) is 19.8 Å². The zero-order chi connectivity index (χ0) is 16.1. The molecule has 2 aromatic rings. The van der Waals surface area contributed by atoms with Crippen LogP contribution in [0.5, 0.6) is 0 Å². The Bertz CT molecular complexity index is 630. The molecule has 0 radical (unpaired) electrons. The average molecular weight is 298 g/mol. The van der Waals surface area contributed by atoms with Crippen molar-refractivity contribution in [2.45, 2.75) is 27.7 Å². The first-order valence-electron chi connectivity index (χ1n) is 7.39. The molecule has 0 saturated heterocycles. The summed E-state index contributed by atoms with van der Waals surface area (Å²) in [5.41, 5.74) is 3.75. The summed E-state index contributed by atoms with van der Waals surface area (Å²) in [6, 6.07) is 6.16. The third-order valence-corrected chi connectivity index (χ3v) is 3.06. The van der Waals surface area contributed by atoms with Crippen LogP contribution in [-0.2, 0) is 0 Å². The monoisotopic (exact) mass is 298 g/mol. The van der Waals surface area contributed by atoms with Gasteiger partial charge in [0.2, 0.25) is 5.95 Å². The maximum atomic E-state index is 11.9. The van der Waals surface area contributed by atoms with Crippen molar-refractivity contribution < 1.29 is 4.79 Å². The molecule has 1 amide bonds. The fourth-order valence-electron chi connectivity index (χ4n) is 2.08. The lowest BCUT2D eigenvalue weighted by molar-refractivity contribution is 0.0948. The highest BCUT2D eigenvalue weighted by molar-refractivity contribution is 5.93. The Labute approximate surface area is 131 Å². The minimum atomic E-state index is -0.147. The fourth-order valence-corrected chi connectivity index (χ4v) is 2.08. The molecule has 0 aliphatic carbocycles. The first-order valence-corrected chi connectivity index (χ1v) is 7.39. The lowest BCUT2D eigenvalue weighted by Crippen LogP contribution is -2.27. The zero-order valence-corrected chi connectivity index (χ0v) is 13.5. The molecule has 0 saturated carbocycles. The summed E-state index contributed by atoms with van der Waals surface area (Å²) in [6.07, 6.45) is 3.07. The Morgan fingerprint density at radius 3 is 2.23 bits per heavy atom. The second-order valence-corrected chi connectivity index (χ2v) is 5.90. The number of aromatic nitrogens is 2. The molecule has 2 N–H and O–H groups in total. The summed E-state index contributed by atoms with van der Waals surface area (Å²) < 4.78 is 0. The van der Waals surface area contributed by atoms with Crippen molar-refractivity contribution in [2.75, 3.05) is 11.9 Å². The number of carbonyl (C=O) groups excluding carboxylic acids is 1. The van der Waals surface area contributed by atoms with E-state index < -0.39 is 0 Å². The van der Waals surface area contributed by atoms with Crippen LogP contribution in [0.25, 0.3) is 0 Å². The molecule has 0 fully saturated rings. The first kappa shape index (κ1) is 15.9. The third-order valence-electron chi connectivity index (χ3n) is 3.06. The van der Waals surface area contributed by atoms with Crippen LogP contribution in [0.4, 0.5) is 11.6 Å². The van der Waals surface area contributed by atoms with Gasteiger partial charge in [-0.05, 0) is 43.0 Å². The number of hydrogen-bond acceptors (Lipinski definition) is 4. The normalized spacial score (nSPS) is 10.6. The Hall–Kier alpha value is -2.43. The molecule has 0 bridgehead atoms. The van der Waals surface area contributed by atoms with Gasteiger partial charge in [0.15, 0.2) is 0 Å². The van der Waals surface area contributed by atoms with E-state index >= 15 is 0 Å². The molecule has 1 aromatic carbocycles. The van der Waals surface area contributed by atoms with Crippen molar-refractivity contribution in [3.05, 3.63) is 47.3 Å². The minimum absolute atomic E-state index is 0.147. The van der Waals surface area contributed by atoms with Gasteiger partial charge in [-0.25, -0.2) is 9.97 Å². The van der Waals surface area contributed by atoms with E-state index in [1.165, 1.54) is 23.5 Å². The number of benzene rings is 1. The van der Waals surface area contributed by atoms with Crippen LogP contribution in [0.1, 0.15) is 35.3 Å². The number of anilines is 2. The molecule has 1 heterocycles. The molecule has 0 atom stereocenters. The third kappa shape index (κ3) is 4.55. The molecule has 0 aliphatic heterocycles. The standard InChI is InChI=1S/C17H22N4O/c1-11(2)8-18-16(22)14-9-19-17(20-10-14)21-15-6-12(3)5-13(4)7-15/h5-7,9-11H,8H2,1-4H3,(H,18,22)(H,19,20,21). The van der Waals surface area contributed by atoms with Crippen LogP contribution < -0.4 is 10.6 Å². The van der Waals surface area contributed by atoms with E-state index in [0.717, 1.165) is 5.69 Å². The van der Waals surface area contributed by atoms with Crippen molar-refractivity contribution in [3.8, 4) is 0 Å². The van der Waals surface area contributed by atoms with Gasteiger partial charge in [0.05, 0.1) is 5.56 Å². The van der Waals surface area contributed by atoms with Crippen LogP contribution in [-0.4, -0.2) is 22.4 Å². The van der Waals surface area contributed by atoms with Gasteiger partial charge in [-0.15, -0.1) is 0 Å². The zero-order valence-electron chi connectivity index (χ0n) is 13.5. The smallest absolute Gasteiger partial charge is 0.254 e. The molecule has 5 heteroatoms. The van der Waals surface area contributed by atoms with Crippen molar-refractivity contribution in [3.63, 3.8) is 0 Å². The van der Waals surface area contributed by atoms with E-state index in [1.807, 2.05) is 39.8 Å². The molecule has 0 spiro atoms. The highest BCUT2D eigenvalue weighted by atomic mass is 16.1. The number of hydrogen-bond donors (Lipinski definition) is 2. The van der Waals surface area contributed by atoms with Gasteiger partial charge >= 0.3 is 0 Å². The highest BCUT2D eigenvalue weighted by Crippen LogP contribution is 2.17. The van der Waals surface area contributed by atoms with Gasteiger partial charge in [0.1, 0.15) is 0 Å². The van der Waals surface area contributed by atoms with E-state index in [4.69, 9.17) is 0 Å². The molecule has 22 heavy (non-hydrogen) atoms. The molecular formula is C17H22N4O. The van der Waals surface area contributed by atoms with Crippen LogP contribution >= 0.6 is 0 Å². The lowest BCUT2D eigenvalue weighted by Gasteiger charge is -2.09. The van der Waals surface area contributed by atoms with E-state index in [0.29, 0.717) is 24.0 Å². The highest BCUT2D eigenvalue weighted by Gasteiger charge is 2.07. The summed E-state index contributed by atoms with van der Waals surface area (Å²) in [6.45, 7) is 8.82. The van der Waals surface area contributed by atoms with Gasteiger partial charge in [-0.1, -0.05) is 19.9 Å². The minimum Gasteiger partial charge on any atom is -0.352 e. The molecule has 2 rings (SSSR count). The SMILES string of the molecule is Cc1cc(C)cc(Nc2ncc(C(=O)NCC(C)C)cn2)c1. The van der Waals surface area contributed by atoms with Crippen molar-refractivity contribution >= 4 is 17.5 Å². The van der Waals surface area contributed by atoms with E-state index in [-0.39, 0.29) is 5.91 Å². The number of carbonyl (C=O) groups is 1. The van der Waals surface area contributed by atoms with Gasteiger partial charge in [0.25, 0.3) is 5.91 Å². The lowest BCUT2D eigenvalue weighted by atomic mass is 10.1. The maximum absolute atomic E-state index is 11.9. The summed E-state index contributed by atoms with van der Waals surface area (Å²) >= 11 is 0. The van der Waals surface area contributed by atoms with Gasteiger partial charge in [0, 0.05) is 24.6 Å². The molecule has 1 aromatic heterocycles. The number of nitrogens with zero attached hydrogens (tertiary/aromatic N) is 2. The first-order chi connectivity index (χ1) is 10.4. The molecule has 5 nitrogen and oxygen atoms in total. The fraction of sp³-hybridized carbons (Fsp3) is 0.353.